The average molecular weight is 516 g/mol. The summed E-state index contributed by atoms with van der Waals surface area (Å²) in [6, 6.07) is 23.6. The van der Waals surface area contributed by atoms with Crippen LogP contribution in [-0.2, 0) is 21.0 Å². The van der Waals surface area contributed by atoms with Gasteiger partial charge in [-0.1, -0.05) is 78.9 Å². The molecule has 0 aromatic heterocycles. The molecule has 196 valence electrons. The van der Waals surface area contributed by atoms with Gasteiger partial charge in [-0.3, -0.25) is 14.5 Å². The molecule has 3 N–H and O–H groups in total. The van der Waals surface area contributed by atoms with Crippen molar-refractivity contribution in [1.82, 2.24) is 9.96 Å². The van der Waals surface area contributed by atoms with Crippen molar-refractivity contribution in [1.29, 1.82) is 0 Å². The molecular weight excluding hydrogens is 486 g/mol. The number of piperidine rings is 1. The second-order valence-corrected chi connectivity index (χ2v) is 9.47. The summed E-state index contributed by atoms with van der Waals surface area (Å²) >= 11 is 0. The number of carbonyl (C=O) groups is 3. The van der Waals surface area contributed by atoms with E-state index in [0.29, 0.717) is 6.42 Å². The molecule has 3 amide bonds. The van der Waals surface area contributed by atoms with Crippen molar-refractivity contribution in [2.75, 3.05) is 13.2 Å². The summed E-state index contributed by atoms with van der Waals surface area (Å²) in [7, 11) is 0. The Labute approximate surface area is 220 Å². The maximum absolute atomic E-state index is 13.3. The van der Waals surface area contributed by atoms with Crippen LogP contribution in [0.15, 0.2) is 78.9 Å². The van der Waals surface area contributed by atoms with Gasteiger partial charge < -0.3 is 15.6 Å². The summed E-state index contributed by atoms with van der Waals surface area (Å²) < 4.78 is 5.75. The normalized spacial score (nSPS) is 18.4. The third kappa shape index (κ3) is 5.05. The SMILES string of the molecule is NC(=O)[C@@H]1CC[C@@H](N(OCc2ccccc2)C(=O)O)CN1C(=O)OCC1c2ccccc2-c2ccccc21. The molecule has 38 heavy (non-hydrogen) atoms. The van der Waals surface area contributed by atoms with Gasteiger partial charge in [0.05, 0.1) is 6.04 Å². The molecule has 0 saturated carbocycles. The molecule has 0 spiro atoms. The number of fused-ring (bicyclic) bond motifs is 3. The number of hydrogen-bond acceptors (Lipinski definition) is 5. The van der Waals surface area contributed by atoms with Gasteiger partial charge in [0.2, 0.25) is 5.91 Å². The van der Waals surface area contributed by atoms with Gasteiger partial charge in [-0.2, -0.15) is 5.06 Å². The van der Waals surface area contributed by atoms with Gasteiger partial charge >= 0.3 is 12.2 Å². The van der Waals surface area contributed by atoms with Gasteiger partial charge in [0, 0.05) is 12.5 Å². The second-order valence-electron chi connectivity index (χ2n) is 9.47. The number of ether oxygens (including phenoxy) is 1. The number of amides is 3. The first kappa shape index (κ1) is 25.3. The van der Waals surface area contributed by atoms with E-state index in [1.165, 1.54) is 4.90 Å². The summed E-state index contributed by atoms with van der Waals surface area (Å²) in [5.41, 5.74) is 10.7. The van der Waals surface area contributed by atoms with Crippen LogP contribution in [0, 0.1) is 0 Å². The van der Waals surface area contributed by atoms with Crippen LogP contribution in [0.5, 0.6) is 0 Å². The van der Waals surface area contributed by atoms with Crippen LogP contribution < -0.4 is 5.73 Å². The van der Waals surface area contributed by atoms with E-state index in [0.717, 1.165) is 32.9 Å². The molecule has 5 rings (SSSR count). The molecule has 3 aromatic carbocycles. The Kier molecular flexibility index (Phi) is 7.28. The molecule has 1 aliphatic heterocycles. The molecule has 3 aromatic rings. The Morgan fingerprint density at radius 1 is 0.895 bits per heavy atom. The van der Waals surface area contributed by atoms with Crippen molar-refractivity contribution in [2.24, 2.45) is 5.73 Å². The molecule has 0 bridgehead atoms. The van der Waals surface area contributed by atoms with Crippen molar-refractivity contribution in [3.05, 3.63) is 95.6 Å². The summed E-state index contributed by atoms with van der Waals surface area (Å²) in [6.45, 7) is 0.0475. The van der Waals surface area contributed by atoms with Crippen molar-refractivity contribution < 1.29 is 29.1 Å². The van der Waals surface area contributed by atoms with Crippen molar-refractivity contribution in [3.63, 3.8) is 0 Å². The highest BCUT2D eigenvalue weighted by Gasteiger charge is 2.40. The van der Waals surface area contributed by atoms with Gasteiger partial charge in [-0.25, -0.2) is 9.59 Å². The predicted octanol–water partition coefficient (Wildman–Crippen LogP) is 4.37. The van der Waals surface area contributed by atoms with Crippen LogP contribution in [-0.4, -0.2) is 58.4 Å². The minimum absolute atomic E-state index is 0.0494. The first-order chi connectivity index (χ1) is 18.4. The monoisotopic (exact) mass is 515 g/mol. The highest BCUT2D eigenvalue weighted by atomic mass is 16.7. The average Bonchev–Trinajstić information content (AvgIpc) is 3.25. The van der Waals surface area contributed by atoms with Crippen molar-refractivity contribution in [3.8, 4) is 11.1 Å². The number of benzene rings is 3. The number of carboxylic acid groups (broad SMARTS) is 1. The van der Waals surface area contributed by atoms with Crippen LogP contribution in [0.3, 0.4) is 0 Å². The van der Waals surface area contributed by atoms with E-state index in [1.807, 2.05) is 78.9 Å². The number of nitrogens with zero attached hydrogens (tertiary/aromatic N) is 2. The minimum atomic E-state index is -1.28. The first-order valence-electron chi connectivity index (χ1n) is 12.5. The lowest BCUT2D eigenvalue weighted by atomic mass is 9.97. The lowest BCUT2D eigenvalue weighted by molar-refractivity contribution is -0.177. The quantitative estimate of drug-likeness (QED) is 0.451. The van der Waals surface area contributed by atoms with Crippen LogP contribution >= 0.6 is 0 Å². The molecule has 2 atom stereocenters. The number of hydroxylamine groups is 2. The highest BCUT2D eigenvalue weighted by Crippen LogP contribution is 2.44. The predicted molar refractivity (Wildman–Crippen MR) is 139 cm³/mol. The molecule has 9 heteroatoms. The lowest BCUT2D eigenvalue weighted by Crippen LogP contribution is -2.58. The summed E-state index contributed by atoms with van der Waals surface area (Å²) in [5, 5.41) is 10.7. The maximum Gasteiger partial charge on any atom is 0.431 e. The van der Waals surface area contributed by atoms with E-state index in [4.69, 9.17) is 15.3 Å². The standard InChI is InChI=1S/C29H29N3O6/c30-27(33)26-15-14-20(32(28(34)35)38-17-19-8-2-1-3-9-19)16-31(26)29(36)37-18-25-23-12-6-4-10-21(23)22-11-5-7-13-24(22)25/h1-13,20,25-26H,14-18H2,(H2,30,33)(H,34,35)/t20-,26+/m1/s1. The zero-order valence-electron chi connectivity index (χ0n) is 20.7. The molecule has 1 heterocycles. The largest absolute Gasteiger partial charge is 0.463 e. The second kappa shape index (κ2) is 10.9. The molecule has 9 nitrogen and oxygen atoms in total. The summed E-state index contributed by atoms with van der Waals surface area (Å²) in [4.78, 5) is 44.3. The van der Waals surface area contributed by atoms with Gasteiger partial charge in [-0.05, 0) is 40.7 Å². The third-order valence-corrected chi connectivity index (χ3v) is 7.19. The van der Waals surface area contributed by atoms with Crippen molar-refractivity contribution >= 4 is 18.1 Å². The van der Waals surface area contributed by atoms with Gasteiger partial charge in [-0.15, -0.1) is 0 Å². The smallest absolute Gasteiger partial charge is 0.431 e. The fourth-order valence-electron chi connectivity index (χ4n) is 5.35. The Bertz CT molecular complexity index is 1290. The lowest BCUT2D eigenvalue weighted by Gasteiger charge is -2.40. The zero-order chi connectivity index (χ0) is 26.6. The van der Waals surface area contributed by atoms with Crippen LogP contribution in [0.2, 0.25) is 0 Å². The van der Waals surface area contributed by atoms with Crippen LogP contribution in [0.25, 0.3) is 11.1 Å². The van der Waals surface area contributed by atoms with Crippen LogP contribution in [0.1, 0.15) is 35.4 Å². The Balaban J connectivity index is 1.30. The van der Waals surface area contributed by atoms with E-state index in [9.17, 15) is 19.5 Å². The van der Waals surface area contributed by atoms with E-state index in [-0.39, 0.29) is 32.1 Å². The van der Waals surface area contributed by atoms with E-state index >= 15 is 0 Å². The molecule has 1 aliphatic carbocycles. The third-order valence-electron chi connectivity index (χ3n) is 7.19. The first-order valence-corrected chi connectivity index (χ1v) is 12.5. The number of hydrogen-bond donors (Lipinski definition) is 2. The zero-order valence-corrected chi connectivity index (χ0v) is 20.7. The Morgan fingerprint density at radius 3 is 2.11 bits per heavy atom. The number of likely N-dealkylation sites (tertiary alicyclic amines) is 1. The Hall–Kier alpha value is -4.37. The molecule has 1 saturated heterocycles. The van der Waals surface area contributed by atoms with Crippen molar-refractivity contribution in [2.45, 2.75) is 37.5 Å². The van der Waals surface area contributed by atoms with Crippen LogP contribution in [0.4, 0.5) is 9.59 Å². The van der Waals surface area contributed by atoms with E-state index < -0.39 is 30.2 Å². The topological polar surface area (TPSA) is 122 Å². The maximum atomic E-state index is 13.3. The highest BCUT2D eigenvalue weighted by molar-refractivity contribution is 5.85. The fourth-order valence-corrected chi connectivity index (χ4v) is 5.35. The van der Waals surface area contributed by atoms with Gasteiger partial charge in [0.25, 0.3) is 0 Å². The van der Waals surface area contributed by atoms with E-state index in [2.05, 4.69) is 0 Å². The molecule has 2 aliphatic rings. The van der Waals surface area contributed by atoms with E-state index in [1.54, 1.807) is 0 Å². The molecule has 1 fully saturated rings. The number of primary amides is 1. The summed E-state index contributed by atoms with van der Waals surface area (Å²) in [6.07, 6.45) is -1.49. The van der Waals surface area contributed by atoms with Gasteiger partial charge in [0.1, 0.15) is 19.3 Å². The molecule has 0 radical (unpaired) electrons. The van der Waals surface area contributed by atoms with Gasteiger partial charge in [0.15, 0.2) is 0 Å². The molecular formula is C29H29N3O6. The number of rotatable bonds is 7. The Morgan fingerprint density at radius 2 is 1.50 bits per heavy atom. The molecule has 0 unspecified atom stereocenters. The summed E-state index contributed by atoms with van der Waals surface area (Å²) in [5.74, 6) is -0.812. The number of nitrogens with two attached hydrogens (primary N) is 1. The fraction of sp³-hybridized carbons (Fsp3) is 0.276. The minimum Gasteiger partial charge on any atom is -0.463 e. The number of carbonyl (C=O) groups excluding carboxylic acids is 2.